The zero-order valence-electron chi connectivity index (χ0n) is 18.4. The minimum Gasteiger partial charge on any atom is -0.497 e. The van der Waals surface area contributed by atoms with E-state index in [9.17, 15) is 14.4 Å². The van der Waals surface area contributed by atoms with Crippen LogP contribution in [0.3, 0.4) is 0 Å². The first-order valence-corrected chi connectivity index (χ1v) is 10.1. The van der Waals surface area contributed by atoms with Crippen LogP contribution >= 0.6 is 0 Å². The van der Waals surface area contributed by atoms with Crippen molar-refractivity contribution in [3.63, 3.8) is 0 Å². The summed E-state index contributed by atoms with van der Waals surface area (Å²) in [7, 11) is 1.55. The highest BCUT2D eigenvalue weighted by Crippen LogP contribution is 2.29. The number of ether oxygens (including phenoxy) is 3. The van der Waals surface area contributed by atoms with Crippen LogP contribution in [-0.4, -0.2) is 48.5 Å². The van der Waals surface area contributed by atoms with Crippen LogP contribution in [0.4, 0.5) is 4.79 Å². The number of rotatable bonds is 8. The van der Waals surface area contributed by atoms with Crippen molar-refractivity contribution in [2.75, 3.05) is 20.3 Å². The second kappa shape index (κ2) is 9.99. The van der Waals surface area contributed by atoms with Gasteiger partial charge in [-0.3, -0.25) is 9.89 Å². The van der Waals surface area contributed by atoms with Gasteiger partial charge in [-0.25, -0.2) is 9.59 Å². The van der Waals surface area contributed by atoms with E-state index in [4.69, 9.17) is 14.2 Å². The van der Waals surface area contributed by atoms with Gasteiger partial charge in [0.25, 0.3) is 0 Å². The predicted octanol–water partition coefficient (Wildman–Crippen LogP) is 1.99. The molecule has 0 aliphatic carbocycles. The number of urea groups is 1. The number of H-pyrrole nitrogens is 1. The predicted molar refractivity (Wildman–Crippen MR) is 114 cm³/mol. The standard InChI is InChI=1S/C22H26N4O6/c1-5-31-21(28)19-17(11-32-18(27)10-16-12(2)25-26-13(16)3)23-22(29)24-20(19)14-6-8-15(30-4)9-7-14/h6-9,20H,5,10-11H2,1-4H3,(H,25,26)(H2,23,24,29)/t20-/m0/s1. The topological polar surface area (TPSA) is 132 Å². The normalized spacial score (nSPS) is 15.6. The Labute approximate surface area is 185 Å². The van der Waals surface area contributed by atoms with Gasteiger partial charge in [0, 0.05) is 11.3 Å². The summed E-state index contributed by atoms with van der Waals surface area (Å²) in [5.41, 5.74) is 3.22. The minimum absolute atomic E-state index is 0.0181. The third-order valence-electron chi connectivity index (χ3n) is 5.08. The molecule has 3 N–H and O–H groups in total. The summed E-state index contributed by atoms with van der Waals surface area (Å²) in [4.78, 5) is 37.5. The van der Waals surface area contributed by atoms with Gasteiger partial charge in [-0.15, -0.1) is 0 Å². The molecule has 0 saturated carbocycles. The van der Waals surface area contributed by atoms with E-state index in [0.29, 0.717) is 17.0 Å². The molecule has 1 aliphatic heterocycles. The molecule has 0 fully saturated rings. The molecular weight excluding hydrogens is 416 g/mol. The molecule has 2 aromatic rings. The quantitative estimate of drug-likeness (QED) is 0.533. The highest BCUT2D eigenvalue weighted by Gasteiger charge is 2.34. The van der Waals surface area contributed by atoms with Gasteiger partial charge in [-0.1, -0.05) is 12.1 Å². The van der Waals surface area contributed by atoms with Crippen molar-refractivity contribution in [1.29, 1.82) is 0 Å². The van der Waals surface area contributed by atoms with E-state index in [2.05, 4.69) is 20.8 Å². The van der Waals surface area contributed by atoms with Crippen molar-refractivity contribution in [2.45, 2.75) is 33.2 Å². The number of benzene rings is 1. The van der Waals surface area contributed by atoms with Crippen molar-refractivity contribution >= 4 is 18.0 Å². The first-order valence-electron chi connectivity index (χ1n) is 10.1. The molecule has 1 aromatic carbocycles. The number of nitrogens with one attached hydrogen (secondary N) is 3. The molecule has 0 spiro atoms. The lowest BCUT2D eigenvalue weighted by atomic mass is 9.95. The van der Waals surface area contributed by atoms with Crippen molar-refractivity contribution in [2.24, 2.45) is 0 Å². The molecular formula is C22H26N4O6. The van der Waals surface area contributed by atoms with Crippen LogP contribution in [0, 0.1) is 13.8 Å². The summed E-state index contributed by atoms with van der Waals surface area (Å²) in [6, 6.07) is 5.63. The van der Waals surface area contributed by atoms with Crippen LogP contribution in [0.25, 0.3) is 0 Å². The van der Waals surface area contributed by atoms with Gasteiger partial charge in [-0.2, -0.15) is 5.10 Å². The Bertz CT molecular complexity index is 1020. The number of amides is 2. The maximum Gasteiger partial charge on any atom is 0.338 e. The average Bonchev–Trinajstić information content (AvgIpc) is 3.09. The Morgan fingerprint density at radius 3 is 2.44 bits per heavy atom. The van der Waals surface area contributed by atoms with Crippen molar-refractivity contribution in [3.05, 3.63) is 58.1 Å². The van der Waals surface area contributed by atoms with Crippen LogP contribution in [0.2, 0.25) is 0 Å². The van der Waals surface area contributed by atoms with E-state index in [-0.39, 0.29) is 30.9 Å². The zero-order chi connectivity index (χ0) is 23.3. The second-order valence-electron chi connectivity index (χ2n) is 7.17. The van der Waals surface area contributed by atoms with Crippen LogP contribution in [0.15, 0.2) is 35.5 Å². The Hall–Kier alpha value is -3.82. The van der Waals surface area contributed by atoms with Gasteiger partial charge < -0.3 is 24.8 Å². The molecule has 0 radical (unpaired) electrons. The van der Waals surface area contributed by atoms with Crippen molar-refractivity contribution < 1.29 is 28.6 Å². The number of aromatic nitrogens is 2. The number of esters is 2. The molecule has 1 aromatic heterocycles. The van der Waals surface area contributed by atoms with E-state index in [0.717, 1.165) is 11.3 Å². The lowest BCUT2D eigenvalue weighted by Crippen LogP contribution is -2.47. The molecule has 10 nitrogen and oxygen atoms in total. The number of nitrogens with zero attached hydrogens (tertiary/aromatic N) is 1. The molecule has 0 bridgehead atoms. The molecule has 0 saturated heterocycles. The fraction of sp³-hybridized carbons (Fsp3) is 0.364. The highest BCUT2D eigenvalue weighted by molar-refractivity contribution is 5.95. The fourth-order valence-electron chi connectivity index (χ4n) is 3.41. The molecule has 170 valence electrons. The van der Waals surface area contributed by atoms with Crippen molar-refractivity contribution in [3.8, 4) is 5.75 Å². The minimum atomic E-state index is -0.777. The summed E-state index contributed by atoms with van der Waals surface area (Å²) in [5, 5.41) is 12.2. The van der Waals surface area contributed by atoms with Crippen molar-refractivity contribution in [1.82, 2.24) is 20.8 Å². The van der Waals surface area contributed by atoms with E-state index < -0.39 is 24.0 Å². The number of methoxy groups -OCH3 is 1. The first kappa shape index (κ1) is 22.9. The fourth-order valence-corrected chi connectivity index (χ4v) is 3.41. The number of hydrogen-bond acceptors (Lipinski definition) is 7. The Balaban J connectivity index is 1.86. The van der Waals surface area contributed by atoms with Crippen LogP contribution in [0.1, 0.15) is 35.5 Å². The Kier molecular flexibility index (Phi) is 7.14. The summed E-state index contributed by atoms with van der Waals surface area (Å²) in [6.07, 6.45) is 0.0181. The number of aromatic amines is 1. The smallest absolute Gasteiger partial charge is 0.338 e. The van der Waals surface area contributed by atoms with Gasteiger partial charge in [0.2, 0.25) is 0 Å². The summed E-state index contributed by atoms with van der Waals surface area (Å²) in [6.45, 7) is 5.15. The number of carbonyl (C=O) groups excluding carboxylic acids is 3. The van der Waals surface area contributed by atoms with Gasteiger partial charge in [0.1, 0.15) is 12.4 Å². The molecule has 32 heavy (non-hydrogen) atoms. The Morgan fingerprint density at radius 2 is 1.84 bits per heavy atom. The molecule has 2 heterocycles. The lowest BCUT2D eigenvalue weighted by Gasteiger charge is -2.29. The molecule has 1 aliphatic rings. The SMILES string of the molecule is CCOC(=O)C1=C(COC(=O)Cc2c(C)n[nH]c2C)NC(=O)N[C@H]1c1ccc(OC)cc1. The lowest BCUT2D eigenvalue weighted by molar-refractivity contribution is -0.143. The highest BCUT2D eigenvalue weighted by atomic mass is 16.5. The van der Waals surface area contributed by atoms with Crippen LogP contribution in [0.5, 0.6) is 5.75 Å². The van der Waals surface area contributed by atoms with E-state index >= 15 is 0 Å². The van der Waals surface area contributed by atoms with Crippen LogP contribution < -0.4 is 15.4 Å². The third-order valence-corrected chi connectivity index (χ3v) is 5.08. The number of aryl methyl sites for hydroxylation is 2. The van der Waals surface area contributed by atoms with E-state index in [1.165, 1.54) is 0 Å². The molecule has 3 rings (SSSR count). The molecule has 0 unspecified atom stereocenters. The summed E-state index contributed by atoms with van der Waals surface area (Å²) < 4.78 is 15.8. The largest absolute Gasteiger partial charge is 0.497 e. The van der Waals surface area contributed by atoms with Gasteiger partial charge >= 0.3 is 18.0 Å². The average molecular weight is 442 g/mol. The second-order valence-corrected chi connectivity index (χ2v) is 7.17. The maximum atomic E-state index is 12.8. The number of hydrogen-bond donors (Lipinski definition) is 3. The zero-order valence-corrected chi connectivity index (χ0v) is 18.4. The molecule has 2 amide bonds. The monoisotopic (exact) mass is 442 g/mol. The molecule has 1 atom stereocenters. The third kappa shape index (κ3) is 5.08. The van der Waals surface area contributed by atoms with Gasteiger partial charge in [0.05, 0.1) is 43.1 Å². The summed E-state index contributed by atoms with van der Waals surface area (Å²) >= 11 is 0. The summed E-state index contributed by atoms with van der Waals surface area (Å²) in [5.74, 6) is -0.495. The van der Waals surface area contributed by atoms with E-state index in [1.54, 1.807) is 45.2 Å². The number of carbonyl (C=O) groups is 3. The van der Waals surface area contributed by atoms with Gasteiger partial charge in [0.15, 0.2) is 0 Å². The Morgan fingerprint density at radius 1 is 1.12 bits per heavy atom. The van der Waals surface area contributed by atoms with Crippen LogP contribution in [-0.2, 0) is 25.5 Å². The van der Waals surface area contributed by atoms with E-state index in [1.807, 2.05) is 6.92 Å². The first-order chi connectivity index (χ1) is 15.3. The molecule has 10 heteroatoms. The maximum absolute atomic E-state index is 12.8. The van der Waals surface area contributed by atoms with Gasteiger partial charge in [-0.05, 0) is 38.5 Å².